The normalized spacial score (nSPS) is 12.3. The molecule has 0 aliphatic carbocycles. The van der Waals surface area contributed by atoms with E-state index >= 15 is 0 Å². The average Bonchev–Trinajstić information content (AvgIpc) is 2.96. The predicted molar refractivity (Wildman–Crippen MR) is 107 cm³/mol. The van der Waals surface area contributed by atoms with Crippen molar-refractivity contribution in [3.8, 4) is 11.3 Å². The van der Waals surface area contributed by atoms with Crippen LogP contribution in [0, 0.1) is 18.7 Å². The molecule has 1 unspecified atom stereocenters. The van der Waals surface area contributed by atoms with Crippen LogP contribution in [0.15, 0.2) is 51.5 Å². The third-order valence-corrected chi connectivity index (χ3v) is 5.48. The first-order valence-electron chi connectivity index (χ1n) is 8.59. The number of hydrogen-bond acceptors (Lipinski definition) is 2. The summed E-state index contributed by atoms with van der Waals surface area (Å²) >= 11 is 9.58. The standard InChI is InChI=1S/C21H20BrClFNO/c1-13(6-11-17-19(23)4-3-5-20(17)24)12-18-14(2)25-26-21(18)15-7-9-16(22)10-8-15/h3-5,7-10,13H,6,11-12H2,1-2H3. The smallest absolute Gasteiger partial charge is 0.170 e. The maximum Gasteiger partial charge on any atom is 0.170 e. The lowest BCUT2D eigenvalue weighted by atomic mass is 9.92. The van der Waals surface area contributed by atoms with Gasteiger partial charge in [-0.05, 0) is 56.4 Å². The topological polar surface area (TPSA) is 26.0 Å². The maximum atomic E-state index is 13.9. The number of rotatable bonds is 6. The minimum Gasteiger partial charge on any atom is -0.356 e. The van der Waals surface area contributed by atoms with Crippen LogP contribution in [0.5, 0.6) is 0 Å². The summed E-state index contributed by atoms with van der Waals surface area (Å²) in [6, 6.07) is 12.8. The summed E-state index contributed by atoms with van der Waals surface area (Å²) in [4.78, 5) is 0. The van der Waals surface area contributed by atoms with Crippen LogP contribution < -0.4 is 0 Å². The van der Waals surface area contributed by atoms with E-state index in [9.17, 15) is 4.39 Å². The van der Waals surface area contributed by atoms with Gasteiger partial charge >= 0.3 is 0 Å². The van der Waals surface area contributed by atoms with Gasteiger partial charge in [-0.1, -0.05) is 57.8 Å². The van der Waals surface area contributed by atoms with Gasteiger partial charge in [-0.3, -0.25) is 0 Å². The van der Waals surface area contributed by atoms with E-state index in [-0.39, 0.29) is 5.82 Å². The van der Waals surface area contributed by atoms with Crippen molar-refractivity contribution in [1.29, 1.82) is 0 Å². The molecule has 0 fully saturated rings. The second-order valence-electron chi connectivity index (χ2n) is 6.63. The Morgan fingerprint density at radius 3 is 2.58 bits per heavy atom. The second kappa shape index (κ2) is 8.36. The lowest BCUT2D eigenvalue weighted by molar-refractivity contribution is 0.426. The number of benzene rings is 2. The Morgan fingerprint density at radius 2 is 1.88 bits per heavy atom. The van der Waals surface area contributed by atoms with Gasteiger partial charge in [0.1, 0.15) is 5.82 Å². The van der Waals surface area contributed by atoms with Crippen LogP contribution in [0.2, 0.25) is 5.02 Å². The van der Waals surface area contributed by atoms with Crippen LogP contribution in [0.3, 0.4) is 0 Å². The van der Waals surface area contributed by atoms with Gasteiger partial charge in [-0.15, -0.1) is 0 Å². The summed E-state index contributed by atoms with van der Waals surface area (Å²) in [7, 11) is 0. The number of hydrogen-bond donors (Lipinski definition) is 0. The molecule has 0 amide bonds. The molecule has 0 saturated carbocycles. The summed E-state index contributed by atoms with van der Waals surface area (Å²) in [5.74, 6) is 0.921. The molecule has 0 aliphatic heterocycles. The molecule has 3 aromatic rings. The van der Waals surface area contributed by atoms with Crippen LogP contribution in [0.1, 0.15) is 30.2 Å². The van der Waals surface area contributed by atoms with Gasteiger partial charge < -0.3 is 4.52 Å². The molecule has 26 heavy (non-hydrogen) atoms. The quantitative estimate of drug-likeness (QED) is 0.415. The van der Waals surface area contributed by atoms with Gasteiger partial charge in [0.15, 0.2) is 5.76 Å². The summed E-state index contributed by atoms with van der Waals surface area (Å²) in [6.45, 7) is 4.12. The Hall–Kier alpha value is -1.65. The van der Waals surface area contributed by atoms with Gasteiger partial charge in [-0.2, -0.15) is 0 Å². The number of aromatic nitrogens is 1. The molecule has 2 aromatic carbocycles. The Labute approximate surface area is 166 Å². The molecule has 0 saturated heterocycles. The molecule has 1 aromatic heterocycles. The largest absolute Gasteiger partial charge is 0.356 e. The van der Waals surface area contributed by atoms with Gasteiger partial charge in [0, 0.05) is 26.2 Å². The minimum absolute atomic E-state index is 0.235. The van der Waals surface area contributed by atoms with Gasteiger partial charge in [-0.25, -0.2) is 4.39 Å². The Bertz CT molecular complexity index is 871. The fraction of sp³-hybridized carbons (Fsp3) is 0.286. The number of nitrogens with zero attached hydrogens (tertiary/aromatic N) is 1. The summed E-state index contributed by atoms with van der Waals surface area (Å²) < 4.78 is 20.5. The van der Waals surface area contributed by atoms with Crippen LogP contribution in [-0.4, -0.2) is 5.16 Å². The van der Waals surface area contributed by atoms with Crippen molar-refractivity contribution in [3.63, 3.8) is 0 Å². The van der Waals surface area contributed by atoms with E-state index < -0.39 is 0 Å². The lowest BCUT2D eigenvalue weighted by Crippen LogP contribution is -2.04. The molecular formula is C21H20BrClFNO. The van der Waals surface area contributed by atoms with E-state index in [1.165, 1.54) is 6.07 Å². The zero-order chi connectivity index (χ0) is 18.7. The molecular weight excluding hydrogens is 417 g/mol. The zero-order valence-corrected chi connectivity index (χ0v) is 17.1. The SMILES string of the molecule is Cc1noc(-c2ccc(Br)cc2)c1CC(C)CCc1c(F)cccc1Cl. The first kappa shape index (κ1) is 19.1. The van der Waals surface area contributed by atoms with Crippen LogP contribution >= 0.6 is 27.5 Å². The Balaban J connectivity index is 1.73. The maximum absolute atomic E-state index is 13.9. The van der Waals surface area contributed by atoms with Crippen LogP contribution in [0.25, 0.3) is 11.3 Å². The van der Waals surface area contributed by atoms with Crippen molar-refractivity contribution >= 4 is 27.5 Å². The highest BCUT2D eigenvalue weighted by Gasteiger charge is 2.18. The molecule has 1 heterocycles. The van der Waals surface area contributed by atoms with E-state index in [4.69, 9.17) is 16.1 Å². The molecule has 3 rings (SSSR count). The van der Waals surface area contributed by atoms with Crippen molar-refractivity contribution in [2.45, 2.75) is 33.1 Å². The van der Waals surface area contributed by atoms with E-state index in [0.29, 0.717) is 22.9 Å². The predicted octanol–water partition coefficient (Wildman–Crippen LogP) is 7.02. The average molecular weight is 437 g/mol. The van der Waals surface area contributed by atoms with Gasteiger partial charge in [0.05, 0.1) is 5.69 Å². The molecule has 0 bridgehead atoms. The first-order valence-corrected chi connectivity index (χ1v) is 9.76. The van der Waals surface area contributed by atoms with Crippen molar-refractivity contribution in [2.75, 3.05) is 0 Å². The number of halogens is 3. The molecule has 0 aliphatic rings. The van der Waals surface area contributed by atoms with Crippen molar-refractivity contribution in [2.24, 2.45) is 5.92 Å². The van der Waals surface area contributed by atoms with Crippen LogP contribution in [0.4, 0.5) is 4.39 Å². The van der Waals surface area contributed by atoms with Gasteiger partial charge in [0.25, 0.3) is 0 Å². The molecule has 136 valence electrons. The number of aryl methyl sites for hydroxylation is 1. The molecule has 0 radical (unpaired) electrons. The monoisotopic (exact) mass is 435 g/mol. The second-order valence-corrected chi connectivity index (χ2v) is 7.95. The zero-order valence-electron chi connectivity index (χ0n) is 14.7. The third-order valence-electron chi connectivity index (χ3n) is 4.59. The van der Waals surface area contributed by atoms with Crippen molar-refractivity contribution in [1.82, 2.24) is 5.16 Å². The fourth-order valence-corrected chi connectivity index (χ4v) is 3.59. The Kier molecular flexibility index (Phi) is 6.15. The third kappa shape index (κ3) is 4.36. The van der Waals surface area contributed by atoms with Crippen LogP contribution in [-0.2, 0) is 12.8 Å². The summed E-state index contributed by atoms with van der Waals surface area (Å²) in [6.07, 6.45) is 2.28. The van der Waals surface area contributed by atoms with Crippen molar-refractivity contribution in [3.05, 3.63) is 74.6 Å². The van der Waals surface area contributed by atoms with E-state index in [1.54, 1.807) is 12.1 Å². The lowest BCUT2D eigenvalue weighted by Gasteiger charge is -2.13. The first-order chi connectivity index (χ1) is 12.5. The summed E-state index contributed by atoms with van der Waals surface area (Å²) in [5, 5.41) is 4.64. The molecule has 2 nitrogen and oxygen atoms in total. The molecule has 0 spiro atoms. The molecule has 0 N–H and O–H groups in total. The van der Waals surface area contributed by atoms with Gasteiger partial charge in [0.2, 0.25) is 0 Å². The molecule has 1 atom stereocenters. The highest BCUT2D eigenvalue weighted by Crippen LogP contribution is 2.30. The Morgan fingerprint density at radius 1 is 1.15 bits per heavy atom. The van der Waals surface area contributed by atoms with Crippen molar-refractivity contribution < 1.29 is 8.91 Å². The molecule has 5 heteroatoms. The van der Waals surface area contributed by atoms with E-state index in [0.717, 1.165) is 39.9 Å². The summed E-state index contributed by atoms with van der Waals surface area (Å²) in [5.41, 5.74) is 3.61. The van der Waals surface area contributed by atoms with E-state index in [1.807, 2.05) is 31.2 Å². The highest BCUT2D eigenvalue weighted by atomic mass is 79.9. The van der Waals surface area contributed by atoms with E-state index in [2.05, 4.69) is 28.0 Å². The minimum atomic E-state index is -0.235. The highest BCUT2D eigenvalue weighted by molar-refractivity contribution is 9.10. The fourth-order valence-electron chi connectivity index (χ4n) is 3.07.